The van der Waals surface area contributed by atoms with E-state index in [-0.39, 0.29) is 5.76 Å². The lowest BCUT2D eigenvalue weighted by molar-refractivity contribution is -0.0915. The number of hydrogen-bond donors (Lipinski definition) is 1. The summed E-state index contributed by atoms with van der Waals surface area (Å²) in [7, 11) is 0. The monoisotopic (exact) mass is 196 g/mol. The Bertz CT molecular complexity index is 190. The van der Waals surface area contributed by atoms with E-state index in [9.17, 15) is 13.2 Å². The zero-order valence-electron chi connectivity index (χ0n) is 8.24. The molecular formula is C9H15F3O. The highest BCUT2D eigenvalue weighted by Crippen LogP contribution is 2.25. The van der Waals surface area contributed by atoms with Gasteiger partial charge in [0.1, 0.15) is 5.76 Å². The molecule has 0 aliphatic heterocycles. The van der Waals surface area contributed by atoms with Gasteiger partial charge in [-0.05, 0) is 26.0 Å². The zero-order valence-corrected chi connectivity index (χ0v) is 8.24. The van der Waals surface area contributed by atoms with Gasteiger partial charge in [0.2, 0.25) is 0 Å². The van der Waals surface area contributed by atoms with Crippen molar-refractivity contribution in [2.24, 2.45) is 0 Å². The van der Waals surface area contributed by atoms with E-state index in [0.29, 0.717) is 6.08 Å². The summed E-state index contributed by atoms with van der Waals surface area (Å²) >= 11 is 0. The van der Waals surface area contributed by atoms with Gasteiger partial charge in [-0.2, -0.15) is 13.2 Å². The van der Waals surface area contributed by atoms with Gasteiger partial charge < -0.3 is 5.11 Å². The minimum atomic E-state index is -4.35. The van der Waals surface area contributed by atoms with Gasteiger partial charge in [-0.1, -0.05) is 13.8 Å². The Hall–Kier alpha value is -0.930. The van der Waals surface area contributed by atoms with Crippen LogP contribution >= 0.6 is 0 Å². The zero-order chi connectivity index (χ0) is 11.1. The largest absolute Gasteiger partial charge is 0.508 e. The first-order valence-corrected chi connectivity index (χ1v) is 3.98. The van der Waals surface area contributed by atoms with E-state index in [1.54, 1.807) is 0 Å². The van der Waals surface area contributed by atoms with Gasteiger partial charge in [0.15, 0.2) is 0 Å². The van der Waals surface area contributed by atoms with Crippen molar-refractivity contribution in [1.82, 2.24) is 0 Å². The average molecular weight is 196 g/mol. The molecule has 0 spiro atoms. The van der Waals surface area contributed by atoms with Crippen molar-refractivity contribution in [1.29, 1.82) is 0 Å². The summed E-state index contributed by atoms with van der Waals surface area (Å²) < 4.78 is 35.2. The Morgan fingerprint density at radius 1 is 1.23 bits per heavy atom. The van der Waals surface area contributed by atoms with Crippen LogP contribution in [-0.4, -0.2) is 11.3 Å². The number of aliphatic hydroxyl groups excluding tert-OH is 1. The minimum absolute atomic E-state index is 0.375. The van der Waals surface area contributed by atoms with Gasteiger partial charge in [0, 0.05) is 5.57 Å². The lowest BCUT2D eigenvalue weighted by atomic mass is 10.2. The summed E-state index contributed by atoms with van der Waals surface area (Å²) in [5.74, 6) is -0.375. The molecule has 0 fully saturated rings. The van der Waals surface area contributed by atoms with Crippen LogP contribution in [0.5, 0.6) is 0 Å². The predicted octanol–water partition coefficient (Wildman–Crippen LogP) is 3.98. The second-order valence-electron chi connectivity index (χ2n) is 2.04. The Kier molecular flexibility index (Phi) is 7.37. The van der Waals surface area contributed by atoms with Crippen molar-refractivity contribution in [3.8, 4) is 0 Å². The summed E-state index contributed by atoms with van der Waals surface area (Å²) in [5.41, 5.74) is -0.812. The molecule has 1 nitrogen and oxygen atoms in total. The molecule has 0 aliphatic rings. The van der Waals surface area contributed by atoms with Gasteiger partial charge in [-0.25, -0.2) is 0 Å². The fraction of sp³-hybridized carbons (Fsp3) is 0.556. The first-order chi connectivity index (χ1) is 5.88. The predicted molar refractivity (Wildman–Crippen MR) is 47.5 cm³/mol. The smallest absolute Gasteiger partial charge is 0.412 e. The number of rotatable bonds is 1. The number of allylic oxidation sites excluding steroid dienone is 3. The average Bonchev–Trinajstić information content (AvgIpc) is 2.06. The molecule has 0 radical (unpaired) electrons. The highest BCUT2D eigenvalue weighted by atomic mass is 19.4. The second-order valence-corrected chi connectivity index (χ2v) is 2.04. The summed E-state index contributed by atoms with van der Waals surface area (Å²) in [5, 5.41) is 8.68. The van der Waals surface area contributed by atoms with Crippen molar-refractivity contribution in [3.63, 3.8) is 0 Å². The van der Waals surface area contributed by atoms with Crippen LogP contribution in [0.25, 0.3) is 0 Å². The summed E-state index contributed by atoms with van der Waals surface area (Å²) in [6, 6.07) is 0. The third-order valence-electron chi connectivity index (χ3n) is 1.11. The van der Waals surface area contributed by atoms with Crippen molar-refractivity contribution >= 4 is 0 Å². The maximum Gasteiger partial charge on any atom is 0.412 e. The molecule has 0 saturated carbocycles. The molecule has 13 heavy (non-hydrogen) atoms. The summed E-state index contributed by atoms with van der Waals surface area (Å²) in [6.07, 6.45) is -2.48. The quantitative estimate of drug-likeness (QED) is 0.496. The molecule has 0 saturated heterocycles. The van der Waals surface area contributed by atoms with Crippen LogP contribution in [0.4, 0.5) is 13.2 Å². The fourth-order valence-electron chi connectivity index (χ4n) is 0.387. The Balaban J connectivity index is 0. The van der Waals surface area contributed by atoms with Crippen LogP contribution < -0.4 is 0 Å². The molecule has 0 atom stereocenters. The topological polar surface area (TPSA) is 20.2 Å². The third kappa shape index (κ3) is 7.43. The van der Waals surface area contributed by atoms with E-state index in [1.165, 1.54) is 13.0 Å². The molecule has 0 aromatic carbocycles. The number of hydrogen-bond acceptors (Lipinski definition) is 1. The lowest BCUT2D eigenvalue weighted by Gasteiger charge is -2.04. The van der Waals surface area contributed by atoms with Crippen LogP contribution in [-0.2, 0) is 0 Å². The highest BCUT2D eigenvalue weighted by Gasteiger charge is 2.29. The van der Waals surface area contributed by atoms with Crippen molar-refractivity contribution in [2.45, 2.75) is 33.9 Å². The van der Waals surface area contributed by atoms with Crippen LogP contribution in [0.2, 0.25) is 0 Å². The number of aliphatic hydroxyl groups is 1. The van der Waals surface area contributed by atoms with E-state index in [2.05, 4.69) is 0 Å². The molecule has 0 aromatic heterocycles. The first kappa shape index (κ1) is 14.6. The first-order valence-electron chi connectivity index (χ1n) is 3.98. The molecule has 1 N–H and O–H groups in total. The van der Waals surface area contributed by atoms with E-state index in [4.69, 9.17) is 5.11 Å². The van der Waals surface area contributed by atoms with Gasteiger partial charge in [0.25, 0.3) is 0 Å². The lowest BCUT2D eigenvalue weighted by Crippen LogP contribution is -2.08. The maximum absolute atomic E-state index is 11.7. The van der Waals surface area contributed by atoms with Gasteiger partial charge >= 0.3 is 6.18 Å². The summed E-state index contributed by atoms with van der Waals surface area (Å²) in [6.45, 7) is 6.36. The number of halogens is 3. The molecule has 78 valence electrons. The highest BCUT2D eigenvalue weighted by molar-refractivity contribution is 5.18. The molecular weight excluding hydrogens is 181 g/mol. The van der Waals surface area contributed by atoms with Crippen LogP contribution in [0, 0.1) is 0 Å². The van der Waals surface area contributed by atoms with Gasteiger partial charge in [-0.3, -0.25) is 0 Å². The molecule has 0 heterocycles. The Labute approximate surface area is 76.6 Å². The number of alkyl halides is 3. The van der Waals surface area contributed by atoms with Crippen molar-refractivity contribution in [3.05, 3.63) is 23.5 Å². The Morgan fingerprint density at radius 3 is 1.85 bits per heavy atom. The van der Waals surface area contributed by atoms with Crippen LogP contribution in [0.3, 0.4) is 0 Å². The minimum Gasteiger partial charge on any atom is -0.508 e. The van der Waals surface area contributed by atoms with Gasteiger partial charge in [-0.15, -0.1) is 0 Å². The molecule has 0 rings (SSSR count). The standard InChI is InChI=1S/C7H9F3O.C2H6/c1-3-6(11)4-5(2)7(8,9)10;1-2/h3-4,11H,1-2H3;1-2H3/b5-4+,6-3+;. The molecule has 0 aliphatic carbocycles. The van der Waals surface area contributed by atoms with Crippen molar-refractivity contribution < 1.29 is 18.3 Å². The summed E-state index contributed by atoms with van der Waals surface area (Å²) in [4.78, 5) is 0. The molecule has 0 aromatic rings. The van der Waals surface area contributed by atoms with E-state index < -0.39 is 11.7 Å². The SMILES string of the molecule is C/C=C(O)\C=C(/C)C(F)(F)F.CC. The molecule has 4 heteroatoms. The maximum atomic E-state index is 11.7. The molecule has 0 amide bonds. The van der Waals surface area contributed by atoms with Crippen LogP contribution in [0.1, 0.15) is 27.7 Å². The van der Waals surface area contributed by atoms with E-state index in [1.807, 2.05) is 13.8 Å². The van der Waals surface area contributed by atoms with E-state index in [0.717, 1.165) is 6.92 Å². The van der Waals surface area contributed by atoms with E-state index >= 15 is 0 Å². The molecule has 0 unspecified atom stereocenters. The van der Waals surface area contributed by atoms with Crippen LogP contribution in [0.15, 0.2) is 23.5 Å². The second kappa shape index (κ2) is 6.57. The fourth-order valence-corrected chi connectivity index (χ4v) is 0.387. The van der Waals surface area contributed by atoms with Gasteiger partial charge in [0.05, 0.1) is 0 Å². The van der Waals surface area contributed by atoms with Crippen molar-refractivity contribution in [2.75, 3.05) is 0 Å². The Morgan fingerprint density at radius 2 is 1.62 bits per heavy atom. The third-order valence-corrected chi connectivity index (χ3v) is 1.11. The normalized spacial score (nSPS) is 13.5. The molecule has 0 bridgehead atoms.